The van der Waals surface area contributed by atoms with Crippen molar-refractivity contribution in [1.29, 1.82) is 0 Å². The summed E-state index contributed by atoms with van der Waals surface area (Å²) in [4.78, 5) is 5.53. The molecule has 0 aliphatic rings. The van der Waals surface area contributed by atoms with Crippen LogP contribution in [0.3, 0.4) is 0 Å². The van der Waals surface area contributed by atoms with Gasteiger partial charge in [0.25, 0.3) is 0 Å². The number of pyridine rings is 1. The highest BCUT2D eigenvalue weighted by Crippen LogP contribution is 2.27. The van der Waals surface area contributed by atoms with Crippen molar-refractivity contribution >= 4 is 11.8 Å². The number of hydrogen-bond donors (Lipinski definition) is 1. The lowest BCUT2D eigenvalue weighted by Gasteiger charge is -2.14. The molecule has 1 aromatic heterocycles. The molecule has 0 radical (unpaired) electrons. The number of aromatic nitrogens is 1. The van der Waals surface area contributed by atoms with Crippen LogP contribution in [0.4, 0.5) is 0 Å². The van der Waals surface area contributed by atoms with Crippen LogP contribution in [0.2, 0.25) is 0 Å². The van der Waals surface area contributed by atoms with Crippen LogP contribution >= 0.6 is 11.8 Å². The van der Waals surface area contributed by atoms with Gasteiger partial charge in [0.2, 0.25) is 0 Å². The maximum atomic E-state index is 6.19. The number of rotatable bonds is 5. The number of benzene rings is 1. The highest BCUT2D eigenvalue weighted by atomic mass is 32.2. The van der Waals surface area contributed by atoms with Crippen LogP contribution in [0.5, 0.6) is 5.75 Å². The van der Waals surface area contributed by atoms with Crippen molar-refractivity contribution in [2.45, 2.75) is 17.9 Å². The third-order valence-corrected chi connectivity index (χ3v) is 3.95. The fourth-order valence-electron chi connectivity index (χ4n) is 1.75. The monoisotopic (exact) mass is 274 g/mol. The minimum absolute atomic E-state index is 0.137. The molecule has 0 saturated heterocycles. The molecule has 2 aromatic rings. The lowest BCUT2D eigenvalue weighted by Crippen LogP contribution is -2.15. The van der Waals surface area contributed by atoms with E-state index >= 15 is 0 Å². The first kappa shape index (κ1) is 13.9. The molecule has 1 atom stereocenters. The van der Waals surface area contributed by atoms with Crippen molar-refractivity contribution in [2.24, 2.45) is 5.73 Å². The van der Waals surface area contributed by atoms with Gasteiger partial charge in [0.05, 0.1) is 18.8 Å². The van der Waals surface area contributed by atoms with Crippen LogP contribution in [-0.4, -0.2) is 17.8 Å². The molecule has 0 aliphatic heterocycles. The minimum Gasteiger partial charge on any atom is -0.495 e. The van der Waals surface area contributed by atoms with E-state index in [1.54, 1.807) is 25.1 Å². The number of hydrogen-bond acceptors (Lipinski definition) is 4. The first-order chi connectivity index (χ1) is 9.20. The number of ether oxygens (including phenoxy) is 1. The smallest absolute Gasteiger partial charge is 0.142 e. The number of aryl methyl sites for hydroxylation is 1. The lowest BCUT2D eigenvalue weighted by atomic mass is 10.2. The number of thioether (sulfide) groups is 1. The zero-order valence-electron chi connectivity index (χ0n) is 11.2. The molecule has 2 rings (SSSR count). The quantitative estimate of drug-likeness (QED) is 0.851. The SMILES string of the molecule is COc1cccnc1C(N)CSc1ccc(C)cc1. The van der Waals surface area contributed by atoms with E-state index in [0.717, 1.165) is 17.2 Å². The van der Waals surface area contributed by atoms with Crippen molar-refractivity contribution in [3.8, 4) is 5.75 Å². The first-order valence-electron chi connectivity index (χ1n) is 6.14. The second-order valence-electron chi connectivity index (χ2n) is 4.32. The van der Waals surface area contributed by atoms with Gasteiger partial charge in [0.1, 0.15) is 5.75 Å². The van der Waals surface area contributed by atoms with Crippen molar-refractivity contribution in [1.82, 2.24) is 4.98 Å². The predicted octanol–water partition coefficient (Wildman–Crippen LogP) is 3.19. The molecule has 0 spiro atoms. The fraction of sp³-hybridized carbons (Fsp3) is 0.267. The van der Waals surface area contributed by atoms with Gasteiger partial charge in [-0.15, -0.1) is 11.8 Å². The van der Waals surface area contributed by atoms with Crippen molar-refractivity contribution in [3.05, 3.63) is 53.9 Å². The average molecular weight is 274 g/mol. The van der Waals surface area contributed by atoms with Crippen LogP contribution in [-0.2, 0) is 0 Å². The molecule has 1 heterocycles. The molecule has 3 nitrogen and oxygen atoms in total. The summed E-state index contributed by atoms with van der Waals surface area (Å²) >= 11 is 1.73. The molecular formula is C15H18N2OS. The van der Waals surface area contributed by atoms with Crippen LogP contribution in [0.25, 0.3) is 0 Å². The molecule has 1 unspecified atom stereocenters. The number of methoxy groups -OCH3 is 1. The van der Waals surface area contributed by atoms with Gasteiger partial charge in [0.15, 0.2) is 0 Å². The minimum atomic E-state index is -0.137. The predicted molar refractivity (Wildman–Crippen MR) is 79.6 cm³/mol. The Bertz CT molecular complexity index is 528. The summed E-state index contributed by atoms with van der Waals surface area (Å²) in [6, 6.07) is 12.0. The second-order valence-corrected chi connectivity index (χ2v) is 5.41. The van der Waals surface area contributed by atoms with Crippen LogP contribution < -0.4 is 10.5 Å². The average Bonchev–Trinajstić information content (AvgIpc) is 2.46. The Morgan fingerprint density at radius 1 is 1.26 bits per heavy atom. The normalized spacial score (nSPS) is 12.2. The third kappa shape index (κ3) is 3.72. The zero-order valence-corrected chi connectivity index (χ0v) is 12.0. The van der Waals surface area contributed by atoms with Gasteiger partial charge in [-0.2, -0.15) is 0 Å². The van der Waals surface area contributed by atoms with E-state index in [9.17, 15) is 0 Å². The van der Waals surface area contributed by atoms with E-state index in [2.05, 4.69) is 36.2 Å². The van der Waals surface area contributed by atoms with Crippen molar-refractivity contribution in [2.75, 3.05) is 12.9 Å². The molecular weight excluding hydrogens is 256 g/mol. The summed E-state index contributed by atoms with van der Waals surface area (Å²) in [7, 11) is 1.64. The molecule has 0 bridgehead atoms. The Morgan fingerprint density at radius 2 is 2.00 bits per heavy atom. The van der Waals surface area contributed by atoms with Gasteiger partial charge in [-0.25, -0.2) is 0 Å². The topological polar surface area (TPSA) is 48.1 Å². The van der Waals surface area contributed by atoms with Gasteiger partial charge >= 0.3 is 0 Å². The molecule has 4 heteroatoms. The Kier molecular flexibility index (Phi) is 4.82. The molecule has 0 aliphatic carbocycles. The Labute approximate surface area is 118 Å². The van der Waals surface area contributed by atoms with E-state index in [4.69, 9.17) is 10.5 Å². The maximum Gasteiger partial charge on any atom is 0.142 e. The molecule has 0 saturated carbocycles. The summed E-state index contributed by atoms with van der Waals surface area (Å²) in [5.74, 6) is 1.52. The zero-order chi connectivity index (χ0) is 13.7. The second kappa shape index (κ2) is 6.59. The molecule has 1 aromatic carbocycles. The Morgan fingerprint density at radius 3 is 2.68 bits per heavy atom. The van der Waals surface area contributed by atoms with Gasteiger partial charge in [-0.1, -0.05) is 17.7 Å². The fourth-order valence-corrected chi connectivity index (χ4v) is 2.61. The highest BCUT2D eigenvalue weighted by Gasteiger charge is 2.13. The van der Waals surface area contributed by atoms with E-state index in [1.807, 2.05) is 12.1 Å². The van der Waals surface area contributed by atoms with Gasteiger partial charge < -0.3 is 10.5 Å². The molecule has 0 amide bonds. The van der Waals surface area contributed by atoms with Crippen LogP contribution in [0, 0.1) is 6.92 Å². The van der Waals surface area contributed by atoms with Crippen LogP contribution in [0.1, 0.15) is 17.3 Å². The summed E-state index contributed by atoms with van der Waals surface area (Å²) < 4.78 is 5.28. The summed E-state index contributed by atoms with van der Waals surface area (Å²) in [6.45, 7) is 2.08. The number of nitrogens with zero attached hydrogens (tertiary/aromatic N) is 1. The summed E-state index contributed by atoms with van der Waals surface area (Å²) in [5, 5.41) is 0. The highest BCUT2D eigenvalue weighted by molar-refractivity contribution is 7.99. The summed E-state index contributed by atoms with van der Waals surface area (Å²) in [6.07, 6.45) is 1.74. The van der Waals surface area contributed by atoms with E-state index in [-0.39, 0.29) is 6.04 Å². The third-order valence-electron chi connectivity index (χ3n) is 2.82. The van der Waals surface area contributed by atoms with Crippen molar-refractivity contribution in [3.63, 3.8) is 0 Å². The van der Waals surface area contributed by atoms with E-state index < -0.39 is 0 Å². The standard InChI is InChI=1S/C15H18N2OS/c1-11-5-7-12(8-6-11)19-10-13(16)15-14(18-2)4-3-9-17-15/h3-9,13H,10,16H2,1-2H3. The van der Waals surface area contributed by atoms with Crippen LogP contribution in [0.15, 0.2) is 47.5 Å². The van der Waals surface area contributed by atoms with Gasteiger partial charge in [-0.3, -0.25) is 4.98 Å². The van der Waals surface area contributed by atoms with Gasteiger partial charge in [0, 0.05) is 16.8 Å². The lowest BCUT2D eigenvalue weighted by molar-refractivity contribution is 0.404. The Balaban J connectivity index is 2.01. The maximum absolute atomic E-state index is 6.19. The molecule has 2 N–H and O–H groups in total. The van der Waals surface area contributed by atoms with E-state index in [1.165, 1.54) is 10.5 Å². The molecule has 0 fully saturated rings. The van der Waals surface area contributed by atoms with Crippen molar-refractivity contribution < 1.29 is 4.74 Å². The Hall–Kier alpha value is -1.52. The molecule has 19 heavy (non-hydrogen) atoms. The first-order valence-corrected chi connectivity index (χ1v) is 7.13. The molecule has 100 valence electrons. The van der Waals surface area contributed by atoms with Gasteiger partial charge in [-0.05, 0) is 31.2 Å². The largest absolute Gasteiger partial charge is 0.495 e. The summed E-state index contributed by atoms with van der Waals surface area (Å²) in [5.41, 5.74) is 8.26. The number of nitrogens with two attached hydrogens (primary N) is 1. The van der Waals surface area contributed by atoms with E-state index in [0.29, 0.717) is 0 Å².